The van der Waals surface area contributed by atoms with Gasteiger partial charge in [-0.2, -0.15) is 0 Å². The van der Waals surface area contributed by atoms with E-state index in [1.165, 1.54) is 0 Å². The molecule has 0 spiro atoms. The summed E-state index contributed by atoms with van der Waals surface area (Å²) < 4.78 is 27.4. The smallest absolute Gasteiger partial charge is 0.168 e. The van der Waals surface area contributed by atoms with Gasteiger partial charge in [-0.05, 0) is 20.3 Å². The van der Waals surface area contributed by atoms with Gasteiger partial charge in [0.1, 0.15) is 0 Å². The summed E-state index contributed by atoms with van der Waals surface area (Å²) in [4.78, 5) is 5.61. The predicted octanol–water partition coefficient (Wildman–Crippen LogP) is 2.39. The van der Waals surface area contributed by atoms with Crippen molar-refractivity contribution in [2.24, 2.45) is 0 Å². The molecular formula is C13H21F2N3O. The quantitative estimate of drug-likeness (QED) is 0.801. The predicted molar refractivity (Wildman–Crippen MR) is 72.5 cm³/mol. The topological polar surface area (TPSA) is 48.4 Å². The van der Waals surface area contributed by atoms with Crippen LogP contribution in [0.1, 0.15) is 27.2 Å². The highest BCUT2D eigenvalue weighted by molar-refractivity contribution is 5.49. The minimum Gasteiger partial charge on any atom is -0.395 e. The largest absolute Gasteiger partial charge is 0.395 e. The number of halogens is 2. The molecule has 108 valence electrons. The van der Waals surface area contributed by atoms with E-state index in [2.05, 4.69) is 10.3 Å². The van der Waals surface area contributed by atoms with Crippen molar-refractivity contribution in [3.05, 3.63) is 17.7 Å². The van der Waals surface area contributed by atoms with Gasteiger partial charge in [0.2, 0.25) is 0 Å². The first kappa shape index (κ1) is 15.6. The van der Waals surface area contributed by atoms with Crippen molar-refractivity contribution in [1.29, 1.82) is 0 Å². The molecule has 0 atom stereocenters. The minimum absolute atomic E-state index is 0.0429. The monoisotopic (exact) mass is 273 g/mol. The van der Waals surface area contributed by atoms with Crippen molar-refractivity contribution >= 4 is 11.6 Å². The van der Waals surface area contributed by atoms with E-state index in [4.69, 9.17) is 5.11 Å². The van der Waals surface area contributed by atoms with Crippen LogP contribution < -0.4 is 10.2 Å². The van der Waals surface area contributed by atoms with E-state index in [0.717, 1.165) is 12.5 Å². The molecule has 0 aliphatic carbocycles. The molecule has 4 nitrogen and oxygen atoms in total. The maximum Gasteiger partial charge on any atom is 0.168 e. The van der Waals surface area contributed by atoms with Gasteiger partial charge < -0.3 is 15.3 Å². The molecule has 0 aliphatic heterocycles. The third-order valence-electron chi connectivity index (χ3n) is 2.69. The van der Waals surface area contributed by atoms with Gasteiger partial charge in [0.25, 0.3) is 0 Å². The molecule has 0 saturated carbocycles. The third kappa shape index (κ3) is 4.02. The van der Waals surface area contributed by atoms with Crippen LogP contribution >= 0.6 is 0 Å². The van der Waals surface area contributed by atoms with Gasteiger partial charge >= 0.3 is 0 Å². The first-order valence-electron chi connectivity index (χ1n) is 6.48. The number of rotatable bonds is 7. The zero-order valence-electron chi connectivity index (χ0n) is 11.6. The van der Waals surface area contributed by atoms with E-state index < -0.39 is 11.6 Å². The molecule has 1 aromatic heterocycles. The van der Waals surface area contributed by atoms with Gasteiger partial charge in [0, 0.05) is 25.2 Å². The number of aliphatic hydroxyl groups is 1. The molecule has 6 heteroatoms. The number of pyridine rings is 1. The maximum atomic E-state index is 13.8. The lowest BCUT2D eigenvalue weighted by Gasteiger charge is -2.27. The van der Waals surface area contributed by atoms with Gasteiger partial charge in [-0.3, -0.25) is 0 Å². The Morgan fingerprint density at radius 2 is 2.05 bits per heavy atom. The van der Waals surface area contributed by atoms with Gasteiger partial charge in [-0.1, -0.05) is 6.92 Å². The van der Waals surface area contributed by atoms with Gasteiger partial charge in [0.15, 0.2) is 23.3 Å². The number of aliphatic hydroxyl groups excluding tert-OH is 1. The molecule has 0 aromatic carbocycles. The first-order chi connectivity index (χ1) is 9.01. The lowest BCUT2D eigenvalue weighted by atomic mass is 10.3. The number of nitrogens with zero attached hydrogens (tertiary/aromatic N) is 2. The van der Waals surface area contributed by atoms with Crippen LogP contribution in [0.4, 0.5) is 20.4 Å². The minimum atomic E-state index is -0.721. The fraction of sp³-hybridized carbons (Fsp3) is 0.615. The number of aromatic nitrogens is 1. The second-order valence-corrected chi connectivity index (χ2v) is 4.56. The third-order valence-corrected chi connectivity index (χ3v) is 2.69. The van der Waals surface area contributed by atoms with Crippen LogP contribution in [0.5, 0.6) is 0 Å². The zero-order chi connectivity index (χ0) is 14.4. The average molecular weight is 273 g/mol. The summed E-state index contributed by atoms with van der Waals surface area (Å²) in [6, 6.07) is 0.784. The van der Waals surface area contributed by atoms with Crippen LogP contribution in [0.25, 0.3) is 0 Å². The molecule has 0 unspecified atom stereocenters. The Kier molecular flexibility index (Phi) is 5.95. The normalized spacial score (nSPS) is 10.9. The second kappa shape index (κ2) is 7.23. The highest BCUT2D eigenvalue weighted by Crippen LogP contribution is 2.23. The Morgan fingerprint density at radius 3 is 2.58 bits per heavy atom. The molecule has 0 bridgehead atoms. The SMILES string of the molecule is CCCNc1nc(N(CCO)C(C)C)c(F)cc1F. The molecule has 1 rings (SSSR count). The van der Waals surface area contributed by atoms with Crippen molar-refractivity contribution in [2.45, 2.75) is 33.2 Å². The van der Waals surface area contributed by atoms with Crippen LogP contribution in [0.2, 0.25) is 0 Å². The van der Waals surface area contributed by atoms with E-state index in [0.29, 0.717) is 6.54 Å². The number of hydrogen-bond acceptors (Lipinski definition) is 4. The molecule has 0 fully saturated rings. The second-order valence-electron chi connectivity index (χ2n) is 4.56. The molecule has 0 saturated heterocycles. The summed E-state index contributed by atoms with van der Waals surface area (Å²) in [5.41, 5.74) is 0. The van der Waals surface area contributed by atoms with E-state index >= 15 is 0 Å². The summed E-state index contributed by atoms with van der Waals surface area (Å²) in [7, 11) is 0. The van der Waals surface area contributed by atoms with Gasteiger partial charge in [-0.15, -0.1) is 0 Å². The molecular weight excluding hydrogens is 252 g/mol. The van der Waals surface area contributed by atoms with Crippen molar-refractivity contribution in [1.82, 2.24) is 4.98 Å². The molecule has 1 heterocycles. The average Bonchev–Trinajstić information content (AvgIpc) is 2.35. The zero-order valence-corrected chi connectivity index (χ0v) is 11.6. The number of hydrogen-bond donors (Lipinski definition) is 2. The van der Waals surface area contributed by atoms with Crippen LogP contribution in [-0.4, -0.2) is 35.8 Å². The van der Waals surface area contributed by atoms with Crippen LogP contribution in [-0.2, 0) is 0 Å². The molecule has 2 N–H and O–H groups in total. The Hall–Kier alpha value is -1.43. The van der Waals surface area contributed by atoms with E-state index in [1.807, 2.05) is 20.8 Å². The highest BCUT2D eigenvalue weighted by atomic mass is 19.1. The van der Waals surface area contributed by atoms with Crippen molar-refractivity contribution in [2.75, 3.05) is 29.9 Å². The lowest BCUT2D eigenvalue weighted by molar-refractivity contribution is 0.298. The Bertz CT molecular complexity index is 413. The standard InChI is InChI=1S/C13H21F2N3O/c1-4-5-16-12-10(14)8-11(15)13(17-12)18(6-7-19)9(2)3/h8-9,19H,4-7H2,1-3H3,(H,16,17). The molecule has 19 heavy (non-hydrogen) atoms. The van der Waals surface area contributed by atoms with Crippen LogP contribution in [0.3, 0.4) is 0 Å². The van der Waals surface area contributed by atoms with Crippen molar-refractivity contribution in [3.63, 3.8) is 0 Å². The van der Waals surface area contributed by atoms with E-state index in [1.54, 1.807) is 4.90 Å². The van der Waals surface area contributed by atoms with Crippen LogP contribution in [0, 0.1) is 11.6 Å². The molecule has 0 aliphatic rings. The fourth-order valence-electron chi connectivity index (χ4n) is 1.74. The summed E-state index contributed by atoms with van der Waals surface area (Å²) in [6.07, 6.45) is 0.818. The van der Waals surface area contributed by atoms with E-state index in [-0.39, 0.29) is 30.8 Å². The molecule has 0 amide bonds. The van der Waals surface area contributed by atoms with Gasteiger partial charge in [-0.25, -0.2) is 13.8 Å². The van der Waals surface area contributed by atoms with Gasteiger partial charge in [0.05, 0.1) is 6.61 Å². The first-order valence-corrected chi connectivity index (χ1v) is 6.48. The maximum absolute atomic E-state index is 13.8. The van der Waals surface area contributed by atoms with Crippen molar-refractivity contribution in [3.8, 4) is 0 Å². The van der Waals surface area contributed by atoms with Crippen LogP contribution in [0.15, 0.2) is 6.07 Å². The summed E-state index contributed by atoms with van der Waals surface area (Å²) >= 11 is 0. The lowest BCUT2D eigenvalue weighted by Crippen LogP contribution is -2.35. The Balaban J connectivity index is 3.10. The Labute approximate surface area is 112 Å². The number of anilines is 2. The Morgan fingerprint density at radius 1 is 1.37 bits per heavy atom. The number of nitrogens with one attached hydrogen (secondary N) is 1. The fourth-order valence-corrected chi connectivity index (χ4v) is 1.74. The van der Waals surface area contributed by atoms with E-state index in [9.17, 15) is 8.78 Å². The summed E-state index contributed by atoms with van der Waals surface area (Å²) in [5, 5.41) is 11.8. The summed E-state index contributed by atoms with van der Waals surface area (Å²) in [5.74, 6) is -1.32. The molecule has 1 aromatic rings. The molecule has 0 radical (unpaired) electrons. The summed E-state index contributed by atoms with van der Waals surface area (Å²) in [6.45, 7) is 6.37. The highest BCUT2D eigenvalue weighted by Gasteiger charge is 2.19. The van der Waals surface area contributed by atoms with Crippen molar-refractivity contribution < 1.29 is 13.9 Å².